The van der Waals surface area contributed by atoms with Gasteiger partial charge in [0.15, 0.2) is 0 Å². The Balaban J connectivity index is 1.91. The Labute approximate surface area is 122 Å². The van der Waals surface area contributed by atoms with Crippen LogP contribution in [0.2, 0.25) is 10.0 Å². The molecule has 1 aliphatic carbocycles. The zero-order chi connectivity index (χ0) is 13.4. The Morgan fingerprint density at radius 1 is 1.11 bits per heavy atom. The average Bonchev–Trinajstić information content (AvgIpc) is 2.80. The van der Waals surface area contributed by atoms with E-state index in [-0.39, 0.29) is 6.04 Å². The third-order valence-corrected chi connectivity index (χ3v) is 4.35. The number of benzene rings is 2. The van der Waals surface area contributed by atoms with Crippen LogP contribution in [0.4, 0.5) is 5.69 Å². The number of anilines is 1. The summed E-state index contributed by atoms with van der Waals surface area (Å²) in [5.41, 5.74) is 2.99. The molecule has 1 aliphatic rings. The highest BCUT2D eigenvalue weighted by Crippen LogP contribution is 2.40. The number of phenols is 1. The van der Waals surface area contributed by atoms with E-state index < -0.39 is 0 Å². The molecule has 0 saturated heterocycles. The van der Waals surface area contributed by atoms with Crippen molar-refractivity contribution >= 4 is 28.9 Å². The summed E-state index contributed by atoms with van der Waals surface area (Å²) in [7, 11) is 0. The molecule has 0 amide bonds. The highest BCUT2D eigenvalue weighted by Gasteiger charge is 2.25. The van der Waals surface area contributed by atoms with Gasteiger partial charge in [-0.2, -0.15) is 0 Å². The van der Waals surface area contributed by atoms with Crippen LogP contribution in [0.25, 0.3) is 0 Å². The first-order chi connectivity index (χ1) is 9.16. The predicted molar refractivity (Wildman–Crippen MR) is 79.3 cm³/mol. The zero-order valence-corrected chi connectivity index (χ0v) is 11.7. The first-order valence-corrected chi connectivity index (χ1v) is 6.93. The van der Waals surface area contributed by atoms with Gasteiger partial charge < -0.3 is 10.4 Å². The van der Waals surface area contributed by atoms with Crippen molar-refractivity contribution in [1.29, 1.82) is 0 Å². The maximum absolute atomic E-state index is 9.84. The molecule has 0 spiro atoms. The van der Waals surface area contributed by atoms with Crippen molar-refractivity contribution in [1.82, 2.24) is 0 Å². The van der Waals surface area contributed by atoms with Gasteiger partial charge in [-0.05, 0) is 42.2 Å². The molecule has 2 aromatic rings. The van der Waals surface area contributed by atoms with E-state index in [1.807, 2.05) is 24.3 Å². The third kappa shape index (κ3) is 2.26. The van der Waals surface area contributed by atoms with E-state index in [4.69, 9.17) is 23.2 Å². The lowest BCUT2D eigenvalue weighted by Crippen LogP contribution is -2.07. The molecule has 0 bridgehead atoms. The van der Waals surface area contributed by atoms with Gasteiger partial charge in [0, 0.05) is 0 Å². The molecule has 2 N–H and O–H groups in total. The summed E-state index contributed by atoms with van der Waals surface area (Å²) in [6.45, 7) is 0. The maximum atomic E-state index is 9.84. The normalized spacial score (nSPS) is 17.3. The van der Waals surface area contributed by atoms with E-state index in [2.05, 4.69) is 5.32 Å². The van der Waals surface area contributed by atoms with Crippen LogP contribution in [0.15, 0.2) is 36.4 Å². The largest absolute Gasteiger partial charge is 0.508 e. The lowest BCUT2D eigenvalue weighted by Gasteiger charge is -2.17. The van der Waals surface area contributed by atoms with Crippen molar-refractivity contribution in [3.8, 4) is 5.75 Å². The molecule has 98 valence electrons. The summed E-state index contributed by atoms with van der Waals surface area (Å²) >= 11 is 12.2. The highest BCUT2D eigenvalue weighted by atomic mass is 35.5. The van der Waals surface area contributed by atoms with Crippen LogP contribution in [0.5, 0.6) is 5.75 Å². The molecule has 4 heteroatoms. The lowest BCUT2D eigenvalue weighted by molar-refractivity contribution is 0.469. The van der Waals surface area contributed by atoms with Crippen molar-refractivity contribution in [3.05, 3.63) is 57.6 Å². The molecular formula is C15H13Cl2NO. The zero-order valence-electron chi connectivity index (χ0n) is 10.2. The minimum absolute atomic E-state index is 0.165. The SMILES string of the molecule is Oc1cccc2c1CCC2Nc1cccc(Cl)c1Cl. The third-order valence-electron chi connectivity index (χ3n) is 3.53. The Morgan fingerprint density at radius 3 is 2.74 bits per heavy atom. The van der Waals surface area contributed by atoms with E-state index in [1.54, 1.807) is 12.1 Å². The Kier molecular flexibility index (Phi) is 3.29. The summed E-state index contributed by atoms with van der Waals surface area (Å²) in [6, 6.07) is 11.4. The van der Waals surface area contributed by atoms with Crippen LogP contribution in [0.1, 0.15) is 23.6 Å². The molecule has 19 heavy (non-hydrogen) atoms. The fraction of sp³-hybridized carbons (Fsp3) is 0.200. The quantitative estimate of drug-likeness (QED) is 0.834. The van der Waals surface area contributed by atoms with E-state index in [0.29, 0.717) is 15.8 Å². The van der Waals surface area contributed by atoms with Crippen molar-refractivity contribution < 1.29 is 5.11 Å². The van der Waals surface area contributed by atoms with Gasteiger partial charge in [0.2, 0.25) is 0 Å². The Hall–Kier alpha value is -1.38. The number of halogens is 2. The van der Waals surface area contributed by atoms with Gasteiger partial charge in [-0.25, -0.2) is 0 Å². The molecule has 0 heterocycles. The number of hydrogen-bond donors (Lipinski definition) is 2. The second-order valence-corrected chi connectivity index (χ2v) is 5.47. The van der Waals surface area contributed by atoms with Crippen molar-refractivity contribution in [2.45, 2.75) is 18.9 Å². The van der Waals surface area contributed by atoms with Gasteiger partial charge in [-0.1, -0.05) is 41.4 Å². The van der Waals surface area contributed by atoms with Crippen molar-refractivity contribution in [3.63, 3.8) is 0 Å². The summed E-state index contributed by atoms with van der Waals surface area (Å²) < 4.78 is 0. The second kappa shape index (κ2) is 4.95. The van der Waals surface area contributed by atoms with Crippen LogP contribution in [0, 0.1) is 0 Å². The van der Waals surface area contributed by atoms with E-state index in [9.17, 15) is 5.11 Å². The number of rotatable bonds is 2. The van der Waals surface area contributed by atoms with E-state index in [0.717, 1.165) is 29.7 Å². The summed E-state index contributed by atoms with van der Waals surface area (Å²) in [6.07, 6.45) is 1.81. The number of aromatic hydroxyl groups is 1. The van der Waals surface area contributed by atoms with Crippen LogP contribution < -0.4 is 5.32 Å². The molecule has 0 aliphatic heterocycles. The van der Waals surface area contributed by atoms with Crippen LogP contribution in [-0.4, -0.2) is 5.11 Å². The first kappa shape index (κ1) is 12.6. The summed E-state index contributed by atoms with van der Waals surface area (Å²) in [5.74, 6) is 0.374. The van der Waals surface area contributed by atoms with Gasteiger partial charge in [-0.3, -0.25) is 0 Å². The molecule has 2 nitrogen and oxygen atoms in total. The predicted octanol–water partition coefficient (Wildman–Crippen LogP) is 4.80. The molecule has 2 aromatic carbocycles. The molecular weight excluding hydrogens is 281 g/mol. The molecule has 0 saturated carbocycles. The molecule has 0 fully saturated rings. The minimum atomic E-state index is 0.165. The van der Waals surface area contributed by atoms with E-state index >= 15 is 0 Å². The van der Waals surface area contributed by atoms with Gasteiger partial charge in [0.1, 0.15) is 5.75 Å². The number of nitrogens with one attached hydrogen (secondary N) is 1. The van der Waals surface area contributed by atoms with Gasteiger partial charge in [0.05, 0.1) is 21.8 Å². The molecule has 1 atom stereocenters. The molecule has 1 unspecified atom stereocenters. The number of fused-ring (bicyclic) bond motifs is 1. The van der Waals surface area contributed by atoms with Gasteiger partial charge in [-0.15, -0.1) is 0 Å². The van der Waals surface area contributed by atoms with Crippen molar-refractivity contribution in [2.24, 2.45) is 0 Å². The maximum Gasteiger partial charge on any atom is 0.119 e. The average molecular weight is 294 g/mol. The van der Waals surface area contributed by atoms with Crippen molar-refractivity contribution in [2.75, 3.05) is 5.32 Å². The smallest absolute Gasteiger partial charge is 0.119 e. The fourth-order valence-electron chi connectivity index (χ4n) is 2.59. The monoisotopic (exact) mass is 293 g/mol. The van der Waals surface area contributed by atoms with Crippen LogP contribution >= 0.6 is 23.2 Å². The van der Waals surface area contributed by atoms with Crippen LogP contribution in [0.3, 0.4) is 0 Å². The topological polar surface area (TPSA) is 32.3 Å². The fourth-order valence-corrected chi connectivity index (χ4v) is 2.94. The highest BCUT2D eigenvalue weighted by molar-refractivity contribution is 6.43. The van der Waals surface area contributed by atoms with Gasteiger partial charge in [0.25, 0.3) is 0 Å². The molecule has 3 rings (SSSR count). The lowest BCUT2D eigenvalue weighted by atomic mass is 10.1. The number of hydrogen-bond acceptors (Lipinski definition) is 2. The molecule has 0 aromatic heterocycles. The summed E-state index contributed by atoms with van der Waals surface area (Å²) in [5, 5.41) is 14.3. The molecule has 0 radical (unpaired) electrons. The van der Waals surface area contributed by atoms with Crippen LogP contribution in [-0.2, 0) is 6.42 Å². The summed E-state index contributed by atoms with van der Waals surface area (Å²) in [4.78, 5) is 0. The second-order valence-electron chi connectivity index (χ2n) is 4.68. The van der Waals surface area contributed by atoms with Gasteiger partial charge >= 0.3 is 0 Å². The minimum Gasteiger partial charge on any atom is -0.508 e. The van der Waals surface area contributed by atoms with E-state index in [1.165, 1.54) is 0 Å². The number of phenolic OH excluding ortho intramolecular Hbond substituents is 1. The Morgan fingerprint density at radius 2 is 1.89 bits per heavy atom. The first-order valence-electron chi connectivity index (χ1n) is 6.18. The standard InChI is InChI=1S/C15H13Cl2NO/c16-11-4-2-5-13(15(11)17)18-12-8-7-10-9(12)3-1-6-14(10)19/h1-6,12,18-19H,7-8H2. The Bertz CT molecular complexity index is 628.